The highest BCUT2D eigenvalue weighted by atomic mass is 32.1. The number of benzene rings is 1. The Morgan fingerprint density at radius 2 is 1.66 bits per heavy atom. The lowest BCUT2D eigenvalue weighted by Crippen LogP contribution is -2.47. The summed E-state index contributed by atoms with van der Waals surface area (Å²) in [7, 11) is 0. The maximum atomic E-state index is 5.85. The second-order valence-electron chi connectivity index (χ2n) is 7.94. The van der Waals surface area contributed by atoms with Crippen molar-refractivity contribution in [2.24, 2.45) is 0 Å². The van der Waals surface area contributed by atoms with Crippen LogP contribution in [0.3, 0.4) is 0 Å². The Balaban J connectivity index is 1.29. The van der Waals surface area contributed by atoms with E-state index in [0.29, 0.717) is 5.92 Å². The van der Waals surface area contributed by atoms with Crippen molar-refractivity contribution in [3.8, 4) is 0 Å². The zero-order valence-corrected chi connectivity index (χ0v) is 17.3. The predicted molar refractivity (Wildman–Crippen MR) is 117 cm³/mol. The third-order valence-corrected chi connectivity index (χ3v) is 6.24. The minimum Gasteiger partial charge on any atom is -0.369 e. The van der Waals surface area contributed by atoms with E-state index in [1.807, 2.05) is 17.1 Å². The van der Waals surface area contributed by atoms with Gasteiger partial charge in [0.2, 0.25) is 0 Å². The first-order chi connectivity index (χ1) is 14.3. The van der Waals surface area contributed by atoms with E-state index in [1.54, 1.807) is 0 Å². The quantitative estimate of drug-likeness (QED) is 0.586. The zero-order chi connectivity index (χ0) is 19.6. The van der Waals surface area contributed by atoms with Crippen LogP contribution in [-0.2, 0) is 13.2 Å². The lowest BCUT2D eigenvalue weighted by atomic mass is 10.2. The van der Waals surface area contributed by atoms with Gasteiger partial charge in [-0.1, -0.05) is 30.3 Å². The molecule has 29 heavy (non-hydrogen) atoms. The fourth-order valence-corrected chi connectivity index (χ4v) is 4.26. The molecule has 3 heterocycles. The van der Waals surface area contributed by atoms with Gasteiger partial charge in [0.15, 0.2) is 4.77 Å². The summed E-state index contributed by atoms with van der Waals surface area (Å²) in [5.41, 5.74) is 2.52. The molecule has 2 aliphatic rings. The van der Waals surface area contributed by atoms with Crippen LogP contribution in [0.1, 0.15) is 30.1 Å². The highest BCUT2D eigenvalue weighted by Gasteiger charge is 2.30. The molecule has 0 bridgehead atoms. The van der Waals surface area contributed by atoms with Gasteiger partial charge in [-0.25, -0.2) is 4.68 Å². The largest absolute Gasteiger partial charge is 0.369 e. The Bertz CT molecular complexity index is 1000. The van der Waals surface area contributed by atoms with Gasteiger partial charge in [0, 0.05) is 50.2 Å². The summed E-state index contributed by atoms with van der Waals surface area (Å²) in [6.07, 6.45) is 6.18. The van der Waals surface area contributed by atoms with E-state index < -0.39 is 0 Å². The second-order valence-corrected chi connectivity index (χ2v) is 8.30. The molecule has 1 saturated heterocycles. The molecule has 0 amide bonds. The summed E-state index contributed by atoms with van der Waals surface area (Å²) in [5, 5.41) is 4.95. The zero-order valence-electron chi connectivity index (χ0n) is 16.5. The van der Waals surface area contributed by atoms with E-state index in [1.165, 1.54) is 24.1 Å². The maximum Gasteiger partial charge on any atom is 0.199 e. The van der Waals surface area contributed by atoms with Gasteiger partial charge in [-0.05, 0) is 42.8 Å². The normalized spacial score (nSPS) is 17.6. The lowest BCUT2D eigenvalue weighted by molar-refractivity contribution is 0.194. The van der Waals surface area contributed by atoms with E-state index in [9.17, 15) is 0 Å². The number of pyridine rings is 1. The molecule has 2 aromatic heterocycles. The van der Waals surface area contributed by atoms with Crippen molar-refractivity contribution in [1.82, 2.24) is 24.2 Å². The molecule has 1 aliphatic heterocycles. The van der Waals surface area contributed by atoms with E-state index in [4.69, 9.17) is 17.3 Å². The lowest BCUT2D eigenvalue weighted by Gasteiger charge is -2.35. The third kappa shape index (κ3) is 4.11. The van der Waals surface area contributed by atoms with Crippen molar-refractivity contribution in [1.29, 1.82) is 0 Å². The van der Waals surface area contributed by atoms with Gasteiger partial charge in [0.1, 0.15) is 5.82 Å². The second kappa shape index (κ2) is 8.08. The Morgan fingerprint density at radius 3 is 2.34 bits per heavy atom. The Hall–Kier alpha value is -2.51. The summed E-state index contributed by atoms with van der Waals surface area (Å²) >= 11 is 5.85. The van der Waals surface area contributed by atoms with Gasteiger partial charge in [-0.3, -0.25) is 14.5 Å². The van der Waals surface area contributed by atoms with Crippen LogP contribution < -0.4 is 4.90 Å². The van der Waals surface area contributed by atoms with E-state index in [-0.39, 0.29) is 0 Å². The molecule has 1 aromatic carbocycles. The highest BCUT2D eigenvalue weighted by molar-refractivity contribution is 7.71. The molecule has 0 radical (unpaired) electrons. The van der Waals surface area contributed by atoms with Crippen LogP contribution >= 0.6 is 12.2 Å². The standard InChI is InChI=1S/C22H26N6S/c29-22-27(16-18-4-2-1-3-5-18)21(19-6-7-19)24-28(22)17-25-12-14-26(15-13-25)20-8-10-23-11-9-20/h1-5,8-11,19H,6-7,12-17H2. The van der Waals surface area contributed by atoms with Crippen molar-refractivity contribution in [2.75, 3.05) is 31.1 Å². The van der Waals surface area contributed by atoms with Crippen molar-refractivity contribution in [3.05, 3.63) is 71.0 Å². The van der Waals surface area contributed by atoms with Crippen LogP contribution in [0.25, 0.3) is 0 Å². The Kier molecular flexibility index (Phi) is 5.16. The van der Waals surface area contributed by atoms with Crippen molar-refractivity contribution >= 4 is 17.9 Å². The highest BCUT2D eigenvalue weighted by Crippen LogP contribution is 2.39. The monoisotopic (exact) mass is 406 g/mol. The van der Waals surface area contributed by atoms with Gasteiger partial charge < -0.3 is 4.90 Å². The summed E-state index contributed by atoms with van der Waals surface area (Å²) in [5.74, 6) is 1.74. The molecular weight excluding hydrogens is 380 g/mol. The van der Waals surface area contributed by atoms with Gasteiger partial charge in [0.05, 0.1) is 13.2 Å². The predicted octanol–water partition coefficient (Wildman–Crippen LogP) is 3.51. The summed E-state index contributed by atoms with van der Waals surface area (Å²) in [6.45, 7) is 5.61. The summed E-state index contributed by atoms with van der Waals surface area (Å²) < 4.78 is 5.12. The molecular formula is C22H26N6S. The topological polar surface area (TPSA) is 42.1 Å². The number of hydrogen-bond donors (Lipinski definition) is 0. The van der Waals surface area contributed by atoms with Crippen LogP contribution in [0, 0.1) is 4.77 Å². The van der Waals surface area contributed by atoms with Gasteiger partial charge >= 0.3 is 0 Å². The van der Waals surface area contributed by atoms with Gasteiger partial charge in [-0.15, -0.1) is 0 Å². The number of hydrogen-bond acceptors (Lipinski definition) is 5. The molecule has 0 unspecified atom stereocenters. The van der Waals surface area contributed by atoms with Crippen LogP contribution in [0.4, 0.5) is 5.69 Å². The van der Waals surface area contributed by atoms with Crippen LogP contribution in [0.15, 0.2) is 54.9 Å². The molecule has 0 atom stereocenters. The van der Waals surface area contributed by atoms with E-state index in [2.05, 4.69) is 61.8 Å². The number of anilines is 1. The number of nitrogens with zero attached hydrogens (tertiary/aromatic N) is 6. The molecule has 2 fully saturated rings. The summed E-state index contributed by atoms with van der Waals surface area (Å²) in [6, 6.07) is 14.7. The number of aromatic nitrogens is 4. The molecule has 5 rings (SSSR count). The SMILES string of the molecule is S=c1n(CN2CCN(c3ccncc3)CC2)nc(C2CC2)n1Cc1ccccc1. The van der Waals surface area contributed by atoms with Gasteiger partial charge in [0.25, 0.3) is 0 Å². The average molecular weight is 407 g/mol. The maximum absolute atomic E-state index is 5.85. The molecule has 150 valence electrons. The molecule has 0 N–H and O–H groups in total. The molecule has 3 aromatic rings. The van der Waals surface area contributed by atoms with Gasteiger partial charge in [-0.2, -0.15) is 5.10 Å². The first kappa shape index (κ1) is 18.5. The van der Waals surface area contributed by atoms with Crippen LogP contribution in [-0.4, -0.2) is 50.4 Å². The van der Waals surface area contributed by atoms with Crippen molar-refractivity contribution < 1.29 is 0 Å². The first-order valence-electron chi connectivity index (χ1n) is 10.4. The van der Waals surface area contributed by atoms with Crippen molar-refractivity contribution in [3.63, 3.8) is 0 Å². The van der Waals surface area contributed by atoms with Crippen LogP contribution in [0.5, 0.6) is 0 Å². The van der Waals surface area contributed by atoms with Crippen molar-refractivity contribution in [2.45, 2.75) is 32.0 Å². The Labute approximate surface area is 176 Å². The Morgan fingerprint density at radius 1 is 0.931 bits per heavy atom. The molecule has 1 saturated carbocycles. The molecule has 1 aliphatic carbocycles. The fraction of sp³-hybridized carbons (Fsp3) is 0.409. The van der Waals surface area contributed by atoms with E-state index in [0.717, 1.165) is 50.0 Å². The molecule has 0 spiro atoms. The van der Waals surface area contributed by atoms with Crippen LogP contribution in [0.2, 0.25) is 0 Å². The molecule has 7 heteroatoms. The fourth-order valence-electron chi connectivity index (χ4n) is 4.00. The summed E-state index contributed by atoms with van der Waals surface area (Å²) in [4.78, 5) is 8.98. The minimum atomic E-state index is 0.574. The first-order valence-corrected chi connectivity index (χ1v) is 10.8. The minimum absolute atomic E-state index is 0.574. The molecule has 6 nitrogen and oxygen atoms in total. The third-order valence-electron chi connectivity index (χ3n) is 5.81. The number of piperazine rings is 1. The number of rotatable bonds is 6. The van der Waals surface area contributed by atoms with E-state index >= 15 is 0 Å². The smallest absolute Gasteiger partial charge is 0.199 e. The average Bonchev–Trinajstić information content (AvgIpc) is 3.58.